The number of pyridine rings is 1. The molecule has 0 spiro atoms. The van der Waals surface area contributed by atoms with E-state index in [4.69, 9.17) is 9.68 Å². The molecule has 2 aromatic rings. The van der Waals surface area contributed by atoms with Gasteiger partial charge in [-0.2, -0.15) is 18.4 Å². The van der Waals surface area contributed by atoms with Gasteiger partial charge in [0.15, 0.2) is 0 Å². The van der Waals surface area contributed by atoms with Crippen molar-refractivity contribution in [1.82, 2.24) is 4.98 Å². The molecule has 0 fully saturated rings. The number of aromatic nitrogens is 1. The molecule has 0 aromatic carbocycles. The molecular weight excluding hydrogens is 311 g/mol. The molecule has 8 heteroatoms. The summed E-state index contributed by atoms with van der Waals surface area (Å²) in [6.45, 7) is 1.24. The van der Waals surface area contributed by atoms with E-state index >= 15 is 0 Å². The van der Waals surface area contributed by atoms with Crippen molar-refractivity contribution in [1.29, 1.82) is 5.26 Å². The van der Waals surface area contributed by atoms with Crippen molar-refractivity contribution in [2.45, 2.75) is 25.1 Å². The van der Waals surface area contributed by atoms with Crippen molar-refractivity contribution in [3.8, 4) is 6.07 Å². The minimum atomic E-state index is -4.90. The lowest BCUT2D eigenvalue weighted by Crippen LogP contribution is -2.43. The number of aliphatic hydroxyl groups is 1. The number of nitriles is 1. The number of nitrogens with one attached hydrogen (secondary N) is 1. The van der Waals surface area contributed by atoms with Crippen LogP contribution in [0.25, 0.3) is 0 Å². The number of hydrogen-bond donors (Lipinski definition) is 2. The number of furan rings is 1. The quantitative estimate of drug-likeness (QED) is 0.883. The Kier molecular flexibility index (Phi) is 4.61. The van der Waals surface area contributed by atoms with Crippen LogP contribution in [0.2, 0.25) is 0 Å². The number of hydrogen-bond acceptors (Lipinski definition) is 5. The Bertz CT molecular complexity index is 721. The zero-order chi connectivity index (χ0) is 17.1. The number of rotatable bonds is 5. The van der Waals surface area contributed by atoms with Crippen LogP contribution in [0, 0.1) is 18.3 Å². The average Bonchev–Trinajstić information content (AvgIpc) is 2.93. The zero-order valence-corrected chi connectivity index (χ0v) is 12.2. The van der Waals surface area contributed by atoms with Crippen LogP contribution in [-0.2, 0) is 5.60 Å². The van der Waals surface area contributed by atoms with E-state index < -0.39 is 24.0 Å². The molecule has 2 N–H and O–H groups in total. The Hall–Kier alpha value is -2.53. The van der Waals surface area contributed by atoms with Gasteiger partial charge in [0, 0.05) is 19.2 Å². The second-order valence-electron chi connectivity index (χ2n) is 4.96. The van der Waals surface area contributed by atoms with Crippen LogP contribution in [-0.4, -0.2) is 22.8 Å². The van der Waals surface area contributed by atoms with E-state index in [0.717, 1.165) is 6.07 Å². The van der Waals surface area contributed by atoms with Crippen molar-refractivity contribution < 1.29 is 22.7 Å². The molecule has 0 radical (unpaired) electrons. The molecule has 0 aliphatic rings. The van der Waals surface area contributed by atoms with Gasteiger partial charge in [-0.05, 0) is 31.2 Å². The minimum Gasteiger partial charge on any atom is -0.463 e. The summed E-state index contributed by atoms with van der Waals surface area (Å²) in [6.07, 6.45) is -4.18. The Morgan fingerprint density at radius 1 is 1.35 bits per heavy atom. The molecule has 0 saturated heterocycles. The molecule has 122 valence electrons. The second-order valence-corrected chi connectivity index (χ2v) is 4.96. The van der Waals surface area contributed by atoms with Crippen LogP contribution in [0.15, 0.2) is 34.9 Å². The fourth-order valence-electron chi connectivity index (χ4n) is 2.06. The van der Waals surface area contributed by atoms with Gasteiger partial charge in [0.2, 0.25) is 5.60 Å². The average molecular weight is 325 g/mol. The van der Waals surface area contributed by atoms with E-state index in [1.54, 1.807) is 6.07 Å². The predicted octanol–water partition coefficient (Wildman–Crippen LogP) is 3.11. The summed E-state index contributed by atoms with van der Waals surface area (Å²) >= 11 is 0. The molecule has 0 aliphatic carbocycles. The highest BCUT2D eigenvalue weighted by atomic mass is 19.4. The first-order chi connectivity index (χ1) is 10.8. The maximum absolute atomic E-state index is 13.3. The molecule has 23 heavy (non-hydrogen) atoms. The third-order valence-electron chi connectivity index (χ3n) is 3.32. The highest BCUT2D eigenvalue weighted by Crippen LogP contribution is 2.42. The Morgan fingerprint density at radius 2 is 2.09 bits per heavy atom. The van der Waals surface area contributed by atoms with Crippen molar-refractivity contribution in [2.75, 3.05) is 11.9 Å². The van der Waals surface area contributed by atoms with E-state index in [1.807, 2.05) is 6.07 Å². The summed E-state index contributed by atoms with van der Waals surface area (Å²) in [6, 6.07) is 7.37. The summed E-state index contributed by atoms with van der Waals surface area (Å²) < 4.78 is 44.8. The smallest absolute Gasteiger partial charge is 0.424 e. The first-order valence-corrected chi connectivity index (χ1v) is 6.73. The van der Waals surface area contributed by atoms with Crippen LogP contribution >= 0.6 is 0 Å². The lowest BCUT2D eigenvalue weighted by Gasteiger charge is -2.28. The first-order valence-electron chi connectivity index (χ1n) is 6.73. The Labute approximate surface area is 130 Å². The SMILES string of the molecule is Cc1ccc(C(O)(CCNc2ncccc2C#N)C(F)(F)F)o1. The van der Waals surface area contributed by atoms with Crippen LogP contribution in [0.5, 0.6) is 0 Å². The van der Waals surface area contributed by atoms with Gasteiger partial charge < -0.3 is 14.8 Å². The number of anilines is 1. The number of aryl methyl sites for hydroxylation is 1. The molecule has 2 heterocycles. The summed E-state index contributed by atoms with van der Waals surface area (Å²) in [5.74, 6) is -0.131. The molecule has 2 rings (SSSR count). The molecule has 5 nitrogen and oxygen atoms in total. The van der Waals surface area contributed by atoms with Crippen molar-refractivity contribution >= 4 is 5.82 Å². The summed E-state index contributed by atoms with van der Waals surface area (Å²) in [7, 11) is 0. The van der Waals surface area contributed by atoms with Crippen LogP contribution in [0.1, 0.15) is 23.5 Å². The third kappa shape index (κ3) is 3.46. The number of nitrogens with zero attached hydrogens (tertiary/aromatic N) is 2. The lowest BCUT2D eigenvalue weighted by molar-refractivity contribution is -0.274. The molecular formula is C15H14F3N3O2. The highest BCUT2D eigenvalue weighted by Gasteiger charge is 2.56. The van der Waals surface area contributed by atoms with Crippen LogP contribution in [0.4, 0.5) is 19.0 Å². The molecule has 0 aliphatic heterocycles. The van der Waals surface area contributed by atoms with Crippen molar-refractivity contribution in [2.24, 2.45) is 0 Å². The largest absolute Gasteiger partial charge is 0.463 e. The standard InChI is InChI=1S/C15H14F3N3O2/c1-10-4-5-12(23-10)14(22,15(16,17)18)6-8-21-13-11(9-19)3-2-7-20-13/h2-5,7,22H,6,8H2,1H3,(H,20,21). The van der Waals surface area contributed by atoms with Gasteiger partial charge in [0.05, 0.1) is 5.56 Å². The third-order valence-corrected chi connectivity index (χ3v) is 3.32. The fourth-order valence-corrected chi connectivity index (χ4v) is 2.06. The highest BCUT2D eigenvalue weighted by molar-refractivity contribution is 5.51. The number of alkyl halides is 3. The fraction of sp³-hybridized carbons (Fsp3) is 0.333. The lowest BCUT2D eigenvalue weighted by atomic mass is 9.95. The minimum absolute atomic E-state index is 0.162. The van der Waals surface area contributed by atoms with Gasteiger partial charge in [-0.15, -0.1) is 0 Å². The topological polar surface area (TPSA) is 82.1 Å². The molecule has 2 aromatic heterocycles. The van der Waals surface area contributed by atoms with Gasteiger partial charge in [0.1, 0.15) is 23.4 Å². The summed E-state index contributed by atoms with van der Waals surface area (Å²) in [4.78, 5) is 3.89. The monoisotopic (exact) mass is 325 g/mol. The van der Waals surface area contributed by atoms with Gasteiger partial charge >= 0.3 is 6.18 Å². The van der Waals surface area contributed by atoms with Crippen molar-refractivity contribution in [3.63, 3.8) is 0 Å². The van der Waals surface area contributed by atoms with Gasteiger partial charge in [0.25, 0.3) is 0 Å². The zero-order valence-electron chi connectivity index (χ0n) is 12.2. The number of halogens is 3. The predicted molar refractivity (Wildman–Crippen MR) is 75.5 cm³/mol. The maximum Gasteiger partial charge on any atom is 0.424 e. The van der Waals surface area contributed by atoms with E-state index in [2.05, 4.69) is 10.3 Å². The normalized spacial score (nSPS) is 14.1. The summed E-state index contributed by atoms with van der Waals surface area (Å²) in [5.41, 5.74) is -2.91. The molecule has 1 unspecified atom stereocenters. The van der Waals surface area contributed by atoms with Gasteiger partial charge in [-0.3, -0.25) is 0 Å². The Morgan fingerprint density at radius 3 is 2.65 bits per heavy atom. The molecule has 0 bridgehead atoms. The first kappa shape index (κ1) is 16.8. The van der Waals surface area contributed by atoms with Gasteiger partial charge in [-0.1, -0.05) is 0 Å². The summed E-state index contributed by atoms with van der Waals surface area (Å²) in [5, 5.41) is 21.6. The maximum atomic E-state index is 13.3. The second kappa shape index (κ2) is 6.30. The van der Waals surface area contributed by atoms with E-state index in [9.17, 15) is 18.3 Å². The molecule has 1 atom stereocenters. The van der Waals surface area contributed by atoms with Gasteiger partial charge in [-0.25, -0.2) is 4.98 Å². The molecule has 0 saturated carbocycles. The van der Waals surface area contributed by atoms with E-state index in [1.165, 1.54) is 25.3 Å². The Balaban J connectivity index is 2.16. The van der Waals surface area contributed by atoms with Crippen molar-refractivity contribution in [3.05, 3.63) is 47.5 Å². The van der Waals surface area contributed by atoms with Crippen LogP contribution < -0.4 is 5.32 Å². The van der Waals surface area contributed by atoms with Crippen LogP contribution in [0.3, 0.4) is 0 Å². The molecule has 0 amide bonds. The van der Waals surface area contributed by atoms with E-state index in [-0.39, 0.29) is 23.7 Å². The van der Waals surface area contributed by atoms with E-state index in [0.29, 0.717) is 0 Å².